The summed E-state index contributed by atoms with van der Waals surface area (Å²) in [7, 11) is 1.73. The lowest BCUT2D eigenvalue weighted by atomic mass is 10.1. The van der Waals surface area contributed by atoms with Gasteiger partial charge in [-0.2, -0.15) is 0 Å². The number of benzene rings is 1. The van der Waals surface area contributed by atoms with E-state index in [0.717, 1.165) is 31.4 Å². The van der Waals surface area contributed by atoms with E-state index in [1.807, 2.05) is 12.1 Å². The Hall–Kier alpha value is -0.810. The van der Waals surface area contributed by atoms with Crippen molar-refractivity contribution in [2.75, 3.05) is 20.3 Å². The Morgan fingerprint density at radius 3 is 2.91 bits per heavy atom. The highest BCUT2D eigenvalue weighted by Gasteiger charge is 2.22. The van der Waals surface area contributed by atoms with Crippen LogP contribution in [0.4, 0.5) is 0 Å². The molecular weight excluding hydrogens is 337 g/mol. The van der Waals surface area contributed by atoms with Gasteiger partial charge in [-0.15, -0.1) is 0 Å². The molecule has 0 aliphatic carbocycles. The smallest absolute Gasteiger partial charge is 0.251 e. The molecule has 1 saturated heterocycles. The average molecular weight is 360 g/mol. The van der Waals surface area contributed by atoms with Gasteiger partial charge in [0.1, 0.15) is 6.10 Å². The van der Waals surface area contributed by atoms with E-state index in [1.54, 1.807) is 24.9 Å². The van der Waals surface area contributed by atoms with Crippen molar-refractivity contribution in [2.45, 2.75) is 44.9 Å². The maximum absolute atomic E-state index is 12.4. The van der Waals surface area contributed by atoms with Gasteiger partial charge < -0.3 is 14.4 Å². The van der Waals surface area contributed by atoms with Gasteiger partial charge in [-0.05, 0) is 37.8 Å². The second-order valence-electron chi connectivity index (χ2n) is 5.87. The predicted molar refractivity (Wildman–Crippen MR) is 91.9 cm³/mol. The number of rotatable bonds is 6. The van der Waals surface area contributed by atoms with Gasteiger partial charge in [0.25, 0.3) is 5.91 Å². The van der Waals surface area contributed by atoms with Crippen molar-refractivity contribution in [2.24, 2.45) is 0 Å². The second-order valence-corrected chi connectivity index (χ2v) is 6.66. The van der Waals surface area contributed by atoms with E-state index in [9.17, 15) is 4.79 Å². The molecule has 0 aromatic heterocycles. The molecule has 1 aromatic rings. The van der Waals surface area contributed by atoms with Gasteiger partial charge >= 0.3 is 0 Å². The van der Waals surface area contributed by atoms with Crippen LogP contribution in [-0.4, -0.2) is 43.3 Å². The molecule has 4 nitrogen and oxygen atoms in total. The fraction of sp³-hybridized carbons (Fsp3) is 0.588. The fourth-order valence-electron chi connectivity index (χ4n) is 2.58. The van der Waals surface area contributed by atoms with Crippen molar-refractivity contribution < 1.29 is 14.3 Å². The van der Waals surface area contributed by atoms with Gasteiger partial charge in [0.05, 0.1) is 22.8 Å². The molecule has 2 atom stereocenters. The highest BCUT2D eigenvalue weighted by Crippen LogP contribution is 2.26. The van der Waals surface area contributed by atoms with E-state index in [4.69, 9.17) is 32.7 Å². The second kappa shape index (κ2) is 8.88. The number of carbonyl (C=O) groups excluding carboxylic acids is 1. The molecule has 23 heavy (non-hydrogen) atoms. The third kappa shape index (κ3) is 5.35. The summed E-state index contributed by atoms with van der Waals surface area (Å²) < 4.78 is 11.3. The summed E-state index contributed by atoms with van der Waals surface area (Å²) in [6.07, 6.45) is 2.85. The molecule has 1 aromatic carbocycles. The van der Waals surface area contributed by atoms with E-state index in [0.29, 0.717) is 23.2 Å². The predicted octanol–water partition coefficient (Wildman–Crippen LogP) is 3.93. The Morgan fingerprint density at radius 2 is 2.22 bits per heavy atom. The number of halogens is 2. The van der Waals surface area contributed by atoms with Crippen LogP contribution >= 0.6 is 23.2 Å². The van der Waals surface area contributed by atoms with Crippen molar-refractivity contribution >= 4 is 29.1 Å². The van der Waals surface area contributed by atoms with Gasteiger partial charge in [0.15, 0.2) is 0 Å². The Bertz CT molecular complexity index is 533. The van der Waals surface area contributed by atoms with Crippen LogP contribution in [0.5, 0.6) is 0 Å². The molecule has 0 radical (unpaired) electrons. The van der Waals surface area contributed by atoms with Crippen molar-refractivity contribution in [1.29, 1.82) is 0 Å². The number of amides is 1. The largest absolute Gasteiger partial charge is 0.376 e. The molecule has 2 unspecified atom stereocenters. The van der Waals surface area contributed by atoms with Crippen LogP contribution in [0.1, 0.15) is 31.7 Å². The summed E-state index contributed by atoms with van der Waals surface area (Å²) in [5.41, 5.74) is 0.817. The van der Waals surface area contributed by atoms with Crippen LogP contribution < -0.4 is 0 Å². The van der Waals surface area contributed by atoms with Crippen LogP contribution in [0.3, 0.4) is 0 Å². The monoisotopic (exact) mass is 359 g/mol. The van der Waals surface area contributed by atoms with Crippen molar-refractivity contribution in [1.82, 2.24) is 4.90 Å². The Labute approximate surface area is 147 Å². The molecule has 1 heterocycles. The molecule has 6 heteroatoms. The molecular formula is C17H23Cl2NO3. The highest BCUT2D eigenvalue weighted by molar-refractivity contribution is 6.42. The zero-order valence-electron chi connectivity index (χ0n) is 13.6. The van der Waals surface area contributed by atoms with E-state index in [1.165, 1.54) is 0 Å². The zero-order valence-corrected chi connectivity index (χ0v) is 15.1. The summed E-state index contributed by atoms with van der Waals surface area (Å²) in [5, 5.41) is 0.974. The lowest BCUT2D eigenvalue weighted by Crippen LogP contribution is -2.38. The van der Waals surface area contributed by atoms with E-state index in [-0.39, 0.29) is 12.0 Å². The summed E-state index contributed by atoms with van der Waals surface area (Å²) in [4.78, 5) is 14.0. The minimum atomic E-state index is -0.511. The molecule has 1 amide bonds. The topological polar surface area (TPSA) is 38.8 Å². The fourth-order valence-corrected chi connectivity index (χ4v) is 2.96. The number of likely N-dealkylation sites (N-methyl/N-ethyl adjacent to an activating group) is 1. The molecule has 0 bridgehead atoms. The first-order valence-electron chi connectivity index (χ1n) is 7.90. The number of ether oxygens (including phenoxy) is 2. The SMILES string of the molecule is CC(OCC1CCCCO1)C(=O)N(C)Cc1cccc(Cl)c1Cl. The first kappa shape index (κ1) is 18.5. The lowest BCUT2D eigenvalue weighted by molar-refractivity contribution is -0.145. The molecule has 0 N–H and O–H groups in total. The highest BCUT2D eigenvalue weighted by atomic mass is 35.5. The van der Waals surface area contributed by atoms with E-state index in [2.05, 4.69) is 0 Å². The molecule has 1 fully saturated rings. The molecule has 1 aliphatic rings. The maximum atomic E-state index is 12.4. The summed E-state index contributed by atoms with van der Waals surface area (Å²) in [6, 6.07) is 5.41. The van der Waals surface area contributed by atoms with Gasteiger partial charge in [0.2, 0.25) is 0 Å². The molecule has 1 aliphatic heterocycles. The van der Waals surface area contributed by atoms with Gasteiger partial charge in [0, 0.05) is 20.2 Å². The Morgan fingerprint density at radius 1 is 1.43 bits per heavy atom. The first-order valence-corrected chi connectivity index (χ1v) is 8.65. The van der Waals surface area contributed by atoms with Crippen molar-refractivity contribution in [3.8, 4) is 0 Å². The molecule has 0 spiro atoms. The van der Waals surface area contributed by atoms with E-state index < -0.39 is 6.10 Å². The average Bonchev–Trinajstić information content (AvgIpc) is 2.57. The third-order valence-electron chi connectivity index (χ3n) is 3.97. The standard InChI is InChI=1S/C17H23Cl2NO3/c1-12(23-11-14-7-3-4-9-22-14)17(21)20(2)10-13-6-5-8-15(18)16(13)19/h5-6,8,12,14H,3-4,7,9-11H2,1-2H3. The van der Waals surface area contributed by atoms with Crippen LogP contribution in [0.15, 0.2) is 18.2 Å². The number of nitrogens with zero attached hydrogens (tertiary/aromatic N) is 1. The van der Waals surface area contributed by atoms with Gasteiger partial charge in [-0.1, -0.05) is 35.3 Å². The van der Waals surface area contributed by atoms with Crippen molar-refractivity contribution in [3.05, 3.63) is 33.8 Å². The zero-order chi connectivity index (χ0) is 16.8. The lowest BCUT2D eigenvalue weighted by Gasteiger charge is -2.26. The number of carbonyl (C=O) groups is 1. The third-order valence-corrected chi connectivity index (χ3v) is 4.83. The summed E-state index contributed by atoms with van der Waals surface area (Å²) in [5.74, 6) is -0.0862. The van der Waals surface area contributed by atoms with Gasteiger partial charge in [-0.25, -0.2) is 0 Å². The molecule has 0 saturated carbocycles. The van der Waals surface area contributed by atoms with Crippen molar-refractivity contribution in [3.63, 3.8) is 0 Å². The van der Waals surface area contributed by atoms with Gasteiger partial charge in [-0.3, -0.25) is 4.79 Å². The Balaban J connectivity index is 1.84. The normalized spacial score (nSPS) is 19.4. The van der Waals surface area contributed by atoms with Crippen LogP contribution in [-0.2, 0) is 20.8 Å². The first-order chi connectivity index (χ1) is 11.0. The minimum absolute atomic E-state index is 0.0862. The molecule has 2 rings (SSSR count). The quantitative estimate of drug-likeness (QED) is 0.772. The minimum Gasteiger partial charge on any atom is -0.376 e. The van der Waals surface area contributed by atoms with Crippen LogP contribution in [0.2, 0.25) is 10.0 Å². The number of hydrogen-bond acceptors (Lipinski definition) is 3. The maximum Gasteiger partial charge on any atom is 0.251 e. The Kier molecular flexibility index (Phi) is 7.15. The van der Waals surface area contributed by atoms with Crippen LogP contribution in [0, 0.1) is 0 Å². The summed E-state index contributed by atoms with van der Waals surface area (Å²) >= 11 is 12.2. The number of hydrogen-bond donors (Lipinski definition) is 0. The van der Waals surface area contributed by atoms with Crippen LogP contribution in [0.25, 0.3) is 0 Å². The summed E-state index contributed by atoms with van der Waals surface area (Å²) in [6.45, 7) is 3.40. The van der Waals surface area contributed by atoms with E-state index >= 15 is 0 Å². The molecule has 128 valence electrons.